The number of hydrogen-bond donors (Lipinski definition) is 2. The van der Waals surface area contributed by atoms with Crippen LogP contribution in [0.4, 0.5) is 0 Å². The van der Waals surface area contributed by atoms with Crippen LogP contribution in [0.1, 0.15) is 36.4 Å². The monoisotopic (exact) mass is 409 g/mol. The lowest BCUT2D eigenvalue weighted by Gasteiger charge is -2.44. The molecule has 3 aliphatic heterocycles. The number of nitrogens with one attached hydrogen (secondary N) is 2. The van der Waals surface area contributed by atoms with Crippen LogP contribution in [0.15, 0.2) is 41.2 Å². The largest absolute Gasteiger partial charge is 0.381 e. The summed E-state index contributed by atoms with van der Waals surface area (Å²) in [7, 11) is 4.31. The van der Waals surface area contributed by atoms with Crippen LogP contribution in [0.5, 0.6) is 0 Å². The molecule has 2 fully saturated rings. The summed E-state index contributed by atoms with van der Waals surface area (Å²) < 4.78 is 7.70. The number of piperidine rings is 1. The van der Waals surface area contributed by atoms with Crippen molar-refractivity contribution in [2.75, 3.05) is 40.4 Å². The zero-order valence-electron chi connectivity index (χ0n) is 18.3. The summed E-state index contributed by atoms with van der Waals surface area (Å²) in [5.41, 5.74) is 4.69. The molecular formula is C25H35N3O2+2. The van der Waals surface area contributed by atoms with Crippen LogP contribution in [-0.2, 0) is 17.8 Å². The first-order valence-corrected chi connectivity index (χ1v) is 11.6. The van der Waals surface area contributed by atoms with Crippen molar-refractivity contribution in [3.63, 3.8) is 0 Å². The normalized spacial score (nSPS) is 26.6. The minimum atomic E-state index is 0.206. The highest BCUT2D eigenvalue weighted by Gasteiger charge is 2.40. The molecule has 0 spiro atoms. The van der Waals surface area contributed by atoms with Crippen molar-refractivity contribution in [1.82, 2.24) is 4.57 Å². The maximum absolute atomic E-state index is 13.6. The molecule has 2 aromatic rings. The lowest BCUT2D eigenvalue weighted by molar-refractivity contribution is -0.937. The maximum Gasteiger partial charge on any atom is 0.258 e. The second-order valence-corrected chi connectivity index (χ2v) is 9.88. The Morgan fingerprint density at radius 3 is 2.67 bits per heavy atom. The average molecular weight is 410 g/mol. The van der Waals surface area contributed by atoms with Gasteiger partial charge >= 0.3 is 0 Å². The number of nitrogens with zero attached hydrogens (tertiary/aromatic N) is 1. The first-order chi connectivity index (χ1) is 14.6. The second kappa shape index (κ2) is 8.29. The molecule has 160 valence electrons. The van der Waals surface area contributed by atoms with E-state index in [0.29, 0.717) is 11.8 Å². The Labute approximate surface area is 179 Å². The third-order valence-corrected chi connectivity index (χ3v) is 7.39. The number of benzene rings is 1. The van der Waals surface area contributed by atoms with Gasteiger partial charge in [0.25, 0.3) is 5.56 Å². The van der Waals surface area contributed by atoms with Gasteiger partial charge in [-0.2, -0.15) is 0 Å². The highest BCUT2D eigenvalue weighted by molar-refractivity contribution is 5.66. The zero-order chi connectivity index (χ0) is 20.7. The molecular weight excluding hydrogens is 374 g/mol. The van der Waals surface area contributed by atoms with Gasteiger partial charge in [0, 0.05) is 48.0 Å². The van der Waals surface area contributed by atoms with E-state index in [0.717, 1.165) is 43.5 Å². The van der Waals surface area contributed by atoms with Gasteiger partial charge in [-0.25, -0.2) is 0 Å². The van der Waals surface area contributed by atoms with E-state index in [1.165, 1.54) is 48.5 Å². The number of pyridine rings is 1. The Bertz CT molecular complexity index is 961. The lowest BCUT2D eigenvalue weighted by atomic mass is 9.81. The van der Waals surface area contributed by atoms with Crippen LogP contribution in [0, 0.1) is 5.92 Å². The van der Waals surface area contributed by atoms with Gasteiger partial charge in [0.05, 0.1) is 46.4 Å². The van der Waals surface area contributed by atoms with Crippen molar-refractivity contribution in [1.29, 1.82) is 0 Å². The maximum atomic E-state index is 13.6. The summed E-state index contributed by atoms with van der Waals surface area (Å²) in [6.45, 7) is 6.00. The van der Waals surface area contributed by atoms with Crippen molar-refractivity contribution in [2.24, 2.45) is 5.92 Å². The van der Waals surface area contributed by atoms with E-state index in [-0.39, 0.29) is 5.56 Å². The molecule has 3 aliphatic rings. The van der Waals surface area contributed by atoms with E-state index in [9.17, 15) is 4.79 Å². The topological polar surface area (TPSA) is 40.1 Å². The lowest BCUT2D eigenvalue weighted by Crippen LogP contribution is -3.18. The molecule has 1 aromatic heterocycles. The quantitative estimate of drug-likeness (QED) is 0.765. The Morgan fingerprint density at radius 1 is 1.07 bits per heavy atom. The molecule has 1 aromatic carbocycles. The van der Waals surface area contributed by atoms with Crippen LogP contribution in [-0.4, -0.2) is 51.0 Å². The molecule has 30 heavy (non-hydrogen) atoms. The predicted molar refractivity (Wildman–Crippen MR) is 118 cm³/mol. The van der Waals surface area contributed by atoms with Gasteiger partial charge < -0.3 is 19.1 Å². The molecule has 2 bridgehead atoms. The summed E-state index contributed by atoms with van der Waals surface area (Å²) in [6.07, 6.45) is 3.61. The average Bonchev–Trinajstić information content (AvgIpc) is 2.75. The number of fused-ring (bicyclic) bond motifs is 4. The fourth-order valence-corrected chi connectivity index (χ4v) is 6.06. The Hall–Kier alpha value is -1.95. The van der Waals surface area contributed by atoms with Gasteiger partial charge in [-0.05, 0) is 24.1 Å². The fourth-order valence-electron chi connectivity index (χ4n) is 6.06. The highest BCUT2D eigenvalue weighted by Crippen LogP contribution is 2.32. The standard InChI is InChI=1S/C25H33N3O2/c1-26(2)16-19-5-3-4-6-22(19)23-7-8-24-20-13-18(15-28(24)25(23)29)14-27(17-20)21-9-11-30-12-10-21/h3-8,18,20-21H,9-17H2,1-2H3/p+2/t18-,20+/m0/s1. The van der Waals surface area contributed by atoms with E-state index in [1.54, 1.807) is 4.90 Å². The molecule has 2 N–H and O–H groups in total. The SMILES string of the molecule is C[NH+](C)Cc1ccccc1-c1ccc2n(c1=O)C[C@H]1C[C@@H]2C[NH+](C2CCOCC2)C1. The number of rotatable bonds is 4. The van der Waals surface area contributed by atoms with E-state index in [2.05, 4.69) is 55.1 Å². The van der Waals surface area contributed by atoms with E-state index in [4.69, 9.17) is 4.74 Å². The smallest absolute Gasteiger partial charge is 0.258 e. The van der Waals surface area contributed by atoms with Crippen LogP contribution < -0.4 is 15.4 Å². The molecule has 0 aliphatic carbocycles. The van der Waals surface area contributed by atoms with Crippen LogP contribution >= 0.6 is 0 Å². The van der Waals surface area contributed by atoms with E-state index in [1.807, 2.05) is 0 Å². The highest BCUT2D eigenvalue weighted by atomic mass is 16.5. The number of ether oxygens (including phenoxy) is 1. The van der Waals surface area contributed by atoms with Gasteiger partial charge in [0.2, 0.25) is 0 Å². The van der Waals surface area contributed by atoms with Gasteiger partial charge in [-0.15, -0.1) is 0 Å². The minimum Gasteiger partial charge on any atom is -0.381 e. The van der Waals surface area contributed by atoms with Crippen molar-refractivity contribution >= 4 is 0 Å². The Morgan fingerprint density at radius 2 is 1.87 bits per heavy atom. The number of quaternary nitrogens is 2. The third-order valence-electron chi connectivity index (χ3n) is 7.39. The van der Waals surface area contributed by atoms with E-state index < -0.39 is 0 Å². The summed E-state index contributed by atoms with van der Waals surface area (Å²) >= 11 is 0. The summed E-state index contributed by atoms with van der Waals surface area (Å²) in [6, 6.07) is 13.5. The molecule has 1 unspecified atom stereocenters. The number of likely N-dealkylation sites (tertiary alicyclic amines) is 1. The second-order valence-electron chi connectivity index (χ2n) is 9.88. The zero-order valence-corrected chi connectivity index (χ0v) is 18.3. The van der Waals surface area contributed by atoms with Gasteiger partial charge in [-0.1, -0.05) is 24.3 Å². The molecule has 5 nitrogen and oxygen atoms in total. The predicted octanol–water partition coefficient (Wildman–Crippen LogP) is 0.341. The van der Waals surface area contributed by atoms with Gasteiger partial charge in [0.1, 0.15) is 6.54 Å². The van der Waals surface area contributed by atoms with E-state index >= 15 is 0 Å². The fraction of sp³-hybridized carbons (Fsp3) is 0.560. The molecule has 0 radical (unpaired) electrons. The first-order valence-electron chi connectivity index (χ1n) is 11.6. The van der Waals surface area contributed by atoms with Crippen molar-refractivity contribution in [2.45, 2.75) is 44.3 Å². The number of aromatic nitrogens is 1. The molecule has 0 amide bonds. The third kappa shape index (κ3) is 3.75. The van der Waals surface area contributed by atoms with Crippen molar-refractivity contribution in [3.05, 3.63) is 58.0 Å². The van der Waals surface area contributed by atoms with Gasteiger partial charge in [-0.3, -0.25) is 4.79 Å². The summed E-state index contributed by atoms with van der Waals surface area (Å²) in [4.78, 5) is 16.7. The van der Waals surface area contributed by atoms with Crippen LogP contribution in [0.3, 0.4) is 0 Å². The molecule has 2 saturated heterocycles. The molecule has 5 rings (SSSR count). The minimum absolute atomic E-state index is 0.206. The number of hydrogen-bond acceptors (Lipinski definition) is 2. The van der Waals surface area contributed by atoms with Crippen LogP contribution in [0.25, 0.3) is 11.1 Å². The van der Waals surface area contributed by atoms with Crippen LogP contribution in [0.2, 0.25) is 0 Å². The van der Waals surface area contributed by atoms with Crippen molar-refractivity contribution < 1.29 is 14.5 Å². The first kappa shape index (κ1) is 20.0. The molecule has 4 heterocycles. The Kier molecular flexibility index (Phi) is 5.52. The van der Waals surface area contributed by atoms with Gasteiger partial charge in [0.15, 0.2) is 0 Å². The molecule has 3 atom stereocenters. The molecule has 0 saturated carbocycles. The Balaban J connectivity index is 1.46. The van der Waals surface area contributed by atoms with Crippen molar-refractivity contribution in [3.8, 4) is 11.1 Å². The molecule has 5 heteroatoms. The summed E-state index contributed by atoms with van der Waals surface area (Å²) in [5, 5.41) is 0. The summed E-state index contributed by atoms with van der Waals surface area (Å²) in [5.74, 6) is 1.13.